The van der Waals surface area contributed by atoms with Crippen molar-refractivity contribution in [1.82, 2.24) is 14.9 Å². The number of hydrogen-bond donors (Lipinski definition) is 1. The number of thiocarbonyl (C=S) groups is 1. The molecule has 172 valence electrons. The van der Waals surface area contributed by atoms with Gasteiger partial charge in [-0.2, -0.15) is 0 Å². The minimum absolute atomic E-state index is 0.0383. The highest BCUT2D eigenvalue weighted by atomic mass is 32.1. The smallest absolute Gasteiger partial charge is 0.174 e. The lowest BCUT2D eigenvalue weighted by Crippen LogP contribution is -2.30. The maximum absolute atomic E-state index is 6.04. The molecule has 0 spiro atoms. The van der Waals surface area contributed by atoms with Crippen molar-refractivity contribution in [1.29, 1.82) is 0 Å². The van der Waals surface area contributed by atoms with Crippen molar-refractivity contribution in [2.75, 3.05) is 4.90 Å². The van der Waals surface area contributed by atoms with Gasteiger partial charge in [0.05, 0.1) is 11.7 Å². The number of aryl methyl sites for hydroxylation is 1. The van der Waals surface area contributed by atoms with Crippen molar-refractivity contribution < 1.29 is 4.74 Å². The fourth-order valence-electron chi connectivity index (χ4n) is 4.48. The standard InChI is InChI=1S/C28H28N4OS/c1-19(2)31-18-6-8-25(31)27-26(24-7-4-5-17-29-24)30-28(34)32(27)21-11-15-23(16-12-21)33-22-13-9-20(3)10-14-22/h4-19,26-27H,1-3H3,(H,30,34)/t26-,27+/m0/s1. The molecular weight excluding hydrogens is 440 g/mol. The predicted octanol–water partition coefficient (Wildman–Crippen LogP) is 6.74. The molecule has 1 saturated heterocycles. The van der Waals surface area contributed by atoms with E-state index in [2.05, 4.69) is 77.1 Å². The predicted molar refractivity (Wildman–Crippen MR) is 140 cm³/mol. The first-order valence-corrected chi connectivity index (χ1v) is 11.9. The van der Waals surface area contributed by atoms with Gasteiger partial charge in [0, 0.05) is 29.8 Å². The van der Waals surface area contributed by atoms with Gasteiger partial charge >= 0.3 is 0 Å². The zero-order valence-electron chi connectivity index (χ0n) is 19.6. The van der Waals surface area contributed by atoms with Gasteiger partial charge in [0.15, 0.2) is 5.11 Å². The van der Waals surface area contributed by atoms with Crippen molar-refractivity contribution in [2.45, 2.75) is 38.9 Å². The molecule has 1 fully saturated rings. The number of pyridine rings is 1. The van der Waals surface area contributed by atoms with Gasteiger partial charge in [0.25, 0.3) is 0 Å². The van der Waals surface area contributed by atoms with Crippen molar-refractivity contribution in [3.05, 3.63) is 108 Å². The van der Waals surface area contributed by atoms with E-state index in [0.29, 0.717) is 11.2 Å². The molecule has 5 rings (SSSR count). The van der Waals surface area contributed by atoms with Crippen LogP contribution in [0.15, 0.2) is 91.3 Å². The lowest BCUT2D eigenvalue weighted by molar-refractivity contribution is 0.482. The topological polar surface area (TPSA) is 42.3 Å². The van der Waals surface area contributed by atoms with Crippen molar-refractivity contribution >= 4 is 23.0 Å². The van der Waals surface area contributed by atoms with E-state index in [-0.39, 0.29) is 12.1 Å². The van der Waals surface area contributed by atoms with E-state index in [1.807, 2.05) is 54.7 Å². The van der Waals surface area contributed by atoms with Crippen LogP contribution in [0.1, 0.15) is 48.9 Å². The van der Waals surface area contributed by atoms with Crippen LogP contribution in [0.3, 0.4) is 0 Å². The van der Waals surface area contributed by atoms with E-state index in [1.54, 1.807) is 0 Å². The molecule has 0 unspecified atom stereocenters. The fraction of sp³-hybridized carbons (Fsp3) is 0.214. The summed E-state index contributed by atoms with van der Waals surface area (Å²) in [4.78, 5) is 6.84. The molecule has 1 aliphatic rings. The molecule has 0 amide bonds. The monoisotopic (exact) mass is 468 g/mol. The Labute approximate surface area is 206 Å². The zero-order chi connectivity index (χ0) is 23.7. The van der Waals surface area contributed by atoms with E-state index >= 15 is 0 Å². The number of ether oxygens (including phenoxy) is 1. The molecule has 6 heteroatoms. The number of anilines is 1. The Bertz CT molecular complexity index is 1270. The molecule has 0 bridgehead atoms. The second-order valence-electron chi connectivity index (χ2n) is 8.84. The molecule has 1 N–H and O–H groups in total. The summed E-state index contributed by atoms with van der Waals surface area (Å²) in [5.41, 5.74) is 4.37. The molecule has 0 radical (unpaired) electrons. The summed E-state index contributed by atoms with van der Waals surface area (Å²) in [6.45, 7) is 6.46. The molecular formula is C28H28N4OS. The molecule has 5 nitrogen and oxygen atoms in total. The molecule has 0 saturated carbocycles. The molecule has 2 aromatic carbocycles. The second kappa shape index (κ2) is 9.31. The number of hydrogen-bond acceptors (Lipinski definition) is 3. The van der Waals surface area contributed by atoms with E-state index < -0.39 is 0 Å². The highest BCUT2D eigenvalue weighted by Crippen LogP contribution is 2.42. The van der Waals surface area contributed by atoms with Crippen molar-refractivity contribution in [2.24, 2.45) is 0 Å². The Morgan fingerprint density at radius 3 is 2.26 bits per heavy atom. The summed E-state index contributed by atoms with van der Waals surface area (Å²) >= 11 is 5.86. The van der Waals surface area contributed by atoms with Crippen molar-refractivity contribution in [3.8, 4) is 11.5 Å². The van der Waals surface area contributed by atoms with E-state index in [4.69, 9.17) is 17.0 Å². The first-order valence-electron chi connectivity index (χ1n) is 11.5. The average molecular weight is 469 g/mol. The van der Waals surface area contributed by atoms with Crippen LogP contribution in [-0.4, -0.2) is 14.7 Å². The number of nitrogens with one attached hydrogen (secondary N) is 1. The average Bonchev–Trinajstić information content (AvgIpc) is 3.46. The maximum Gasteiger partial charge on any atom is 0.174 e. The van der Waals surface area contributed by atoms with E-state index in [9.17, 15) is 0 Å². The normalized spacial score (nSPS) is 17.8. The highest BCUT2D eigenvalue weighted by Gasteiger charge is 2.42. The molecule has 2 atom stereocenters. The third-order valence-corrected chi connectivity index (χ3v) is 6.46. The minimum atomic E-state index is -0.0652. The SMILES string of the molecule is Cc1ccc(Oc2ccc(N3C(=S)N[C@@H](c4ccccn4)[C@H]3c3cccn3C(C)C)cc2)cc1. The van der Waals surface area contributed by atoms with Gasteiger partial charge in [-0.05, 0) is 93.7 Å². The first-order chi connectivity index (χ1) is 16.5. The zero-order valence-corrected chi connectivity index (χ0v) is 20.4. The van der Waals surface area contributed by atoms with Gasteiger partial charge < -0.3 is 19.5 Å². The number of benzene rings is 2. The van der Waals surface area contributed by atoms with Gasteiger partial charge in [-0.25, -0.2) is 0 Å². The molecule has 2 aromatic heterocycles. The lowest BCUT2D eigenvalue weighted by atomic mass is 10.0. The third-order valence-electron chi connectivity index (χ3n) is 6.14. The van der Waals surface area contributed by atoms with Crippen LogP contribution in [0.5, 0.6) is 11.5 Å². The Kier molecular flexibility index (Phi) is 6.07. The summed E-state index contributed by atoms with van der Waals surface area (Å²) in [6.07, 6.45) is 3.96. The highest BCUT2D eigenvalue weighted by molar-refractivity contribution is 7.80. The summed E-state index contributed by atoms with van der Waals surface area (Å²) in [5.74, 6) is 1.61. The quantitative estimate of drug-likeness (QED) is 0.317. The van der Waals surface area contributed by atoms with Crippen LogP contribution in [0.2, 0.25) is 0 Å². The maximum atomic E-state index is 6.04. The van der Waals surface area contributed by atoms with Gasteiger partial charge in [0.1, 0.15) is 17.5 Å². The van der Waals surface area contributed by atoms with E-state index in [1.165, 1.54) is 11.3 Å². The molecule has 1 aliphatic heterocycles. The van der Waals surface area contributed by atoms with Gasteiger partial charge in [-0.1, -0.05) is 23.8 Å². The van der Waals surface area contributed by atoms with E-state index in [0.717, 1.165) is 22.9 Å². The van der Waals surface area contributed by atoms with Crippen molar-refractivity contribution in [3.63, 3.8) is 0 Å². The third kappa shape index (κ3) is 4.29. The van der Waals surface area contributed by atoms with Crippen LogP contribution in [0.4, 0.5) is 5.69 Å². The van der Waals surface area contributed by atoms with Crippen LogP contribution >= 0.6 is 12.2 Å². The van der Waals surface area contributed by atoms with Gasteiger partial charge in [-0.15, -0.1) is 0 Å². The Hall–Kier alpha value is -3.64. The lowest BCUT2D eigenvalue weighted by Gasteiger charge is -2.30. The van der Waals surface area contributed by atoms with Crippen LogP contribution in [0, 0.1) is 6.92 Å². The van der Waals surface area contributed by atoms with Gasteiger partial charge in [-0.3, -0.25) is 4.98 Å². The Morgan fingerprint density at radius 2 is 1.62 bits per heavy atom. The van der Waals surface area contributed by atoms with Gasteiger partial charge in [0.2, 0.25) is 0 Å². The Balaban J connectivity index is 1.50. The molecule has 4 aromatic rings. The minimum Gasteiger partial charge on any atom is -0.457 e. The summed E-state index contributed by atoms with van der Waals surface area (Å²) in [5, 5.41) is 4.22. The van der Waals surface area contributed by atoms with Crippen LogP contribution in [0.25, 0.3) is 0 Å². The van der Waals surface area contributed by atoms with Crippen LogP contribution < -0.4 is 15.0 Å². The Morgan fingerprint density at radius 1 is 0.912 bits per heavy atom. The second-order valence-corrected chi connectivity index (χ2v) is 9.23. The molecule has 3 heterocycles. The molecule has 34 heavy (non-hydrogen) atoms. The first kappa shape index (κ1) is 22.2. The number of aromatic nitrogens is 2. The summed E-state index contributed by atoms with van der Waals surface area (Å²) in [6, 6.07) is 26.7. The summed E-state index contributed by atoms with van der Waals surface area (Å²) in [7, 11) is 0. The number of rotatable bonds is 6. The number of nitrogens with zero attached hydrogens (tertiary/aromatic N) is 3. The molecule has 0 aliphatic carbocycles. The summed E-state index contributed by atoms with van der Waals surface area (Å²) < 4.78 is 8.34. The van der Waals surface area contributed by atoms with Crippen LogP contribution in [-0.2, 0) is 0 Å². The fourth-order valence-corrected chi connectivity index (χ4v) is 4.82. The largest absolute Gasteiger partial charge is 0.457 e.